The Morgan fingerprint density at radius 1 is 1.10 bits per heavy atom. The zero-order valence-electron chi connectivity index (χ0n) is 13.4. The lowest BCUT2D eigenvalue weighted by Gasteiger charge is -2.15. The standard InChI is InChI=1S/C19H28N2/c1-3-13-20-19(4-2)18-12-15-21(16-18)14-8-11-17-9-6-5-7-10-17/h5-7,9-10,12,15-16,19-20H,3-4,8,11,13-14H2,1-2H3. The maximum Gasteiger partial charge on any atom is 0.0332 e. The largest absolute Gasteiger partial charge is 0.354 e. The van der Waals surface area contributed by atoms with Gasteiger partial charge in [-0.05, 0) is 49.4 Å². The molecule has 1 atom stereocenters. The smallest absolute Gasteiger partial charge is 0.0332 e. The van der Waals surface area contributed by atoms with E-state index in [1.807, 2.05) is 0 Å². The van der Waals surface area contributed by atoms with Gasteiger partial charge < -0.3 is 9.88 Å². The molecular formula is C19H28N2. The lowest BCUT2D eigenvalue weighted by Crippen LogP contribution is -2.21. The summed E-state index contributed by atoms with van der Waals surface area (Å²) in [7, 11) is 0. The van der Waals surface area contributed by atoms with E-state index in [0.717, 1.165) is 25.9 Å². The lowest BCUT2D eigenvalue weighted by atomic mass is 10.1. The average Bonchev–Trinajstić information content (AvgIpc) is 2.98. The van der Waals surface area contributed by atoms with Crippen LogP contribution in [0.25, 0.3) is 0 Å². The van der Waals surface area contributed by atoms with Gasteiger partial charge in [-0.25, -0.2) is 0 Å². The summed E-state index contributed by atoms with van der Waals surface area (Å²) < 4.78 is 2.33. The van der Waals surface area contributed by atoms with Gasteiger partial charge >= 0.3 is 0 Å². The Balaban J connectivity index is 1.82. The molecule has 1 N–H and O–H groups in total. The van der Waals surface area contributed by atoms with Gasteiger partial charge in [-0.3, -0.25) is 0 Å². The van der Waals surface area contributed by atoms with Gasteiger partial charge in [-0.2, -0.15) is 0 Å². The fraction of sp³-hybridized carbons (Fsp3) is 0.474. The van der Waals surface area contributed by atoms with Crippen molar-refractivity contribution in [2.75, 3.05) is 6.54 Å². The third-order valence-corrected chi connectivity index (χ3v) is 3.95. The van der Waals surface area contributed by atoms with E-state index in [0.29, 0.717) is 6.04 Å². The van der Waals surface area contributed by atoms with Crippen molar-refractivity contribution in [3.8, 4) is 0 Å². The summed E-state index contributed by atoms with van der Waals surface area (Å²) in [6.45, 7) is 6.66. The molecule has 0 bridgehead atoms. The van der Waals surface area contributed by atoms with Crippen molar-refractivity contribution in [2.24, 2.45) is 0 Å². The molecule has 0 saturated carbocycles. The number of nitrogens with zero attached hydrogens (tertiary/aromatic N) is 1. The summed E-state index contributed by atoms with van der Waals surface area (Å²) in [5.74, 6) is 0. The molecule has 1 aromatic carbocycles. The summed E-state index contributed by atoms with van der Waals surface area (Å²) in [5, 5.41) is 3.62. The Morgan fingerprint density at radius 3 is 2.62 bits per heavy atom. The first-order chi connectivity index (χ1) is 10.3. The molecule has 0 aliphatic carbocycles. The Hall–Kier alpha value is -1.54. The number of aromatic nitrogens is 1. The third-order valence-electron chi connectivity index (χ3n) is 3.95. The highest BCUT2D eigenvalue weighted by atomic mass is 15.0. The van der Waals surface area contributed by atoms with Crippen LogP contribution in [0.5, 0.6) is 0 Å². The van der Waals surface area contributed by atoms with Gasteiger partial charge in [0.2, 0.25) is 0 Å². The molecule has 0 fully saturated rings. The maximum absolute atomic E-state index is 3.62. The van der Waals surface area contributed by atoms with E-state index in [9.17, 15) is 0 Å². The highest BCUT2D eigenvalue weighted by Gasteiger charge is 2.09. The molecule has 2 nitrogen and oxygen atoms in total. The fourth-order valence-electron chi connectivity index (χ4n) is 2.73. The summed E-state index contributed by atoms with van der Waals surface area (Å²) in [5.41, 5.74) is 2.85. The van der Waals surface area contributed by atoms with Crippen LogP contribution in [-0.4, -0.2) is 11.1 Å². The average molecular weight is 284 g/mol. The highest BCUT2D eigenvalue weighted by Crippen LogP contribution is 2.17. The van der Waals surface area contributed by atoms with Crippen LogP contribution in [-0.2, 0) is 13.0 Å². The summed E-state index contributed by atoms with van der Waals surface area (Å²) >= 11 is 0. The van der Waals surface area contributed by atoms with Gasteiger partial charge in [0.25, 0.3) is 0 Å². The monoisotopic (exact) mass is 284 g/mol. The van der Waals surface area contributed by atoms with Crippen LogP contribution >= 0.6 is 0 Å². The number of aryl methyl sites for hydroxylation is 2. The van der Waals surface area contributed by atoms with Gasteiger partial charge in [0.05, 0.1) is 0 Å². The van der Waals surface area contributed by atoms with Gasteiger partial charge in [-0.1, -0.05) is 44.2 Å². The van der Waals surface area contributed by atoms with E-state index in [1.54, 1.807) is 0 Å². The first kappa shape index (κ1) is 15.8. The van der Waals surface area contributed by atoms with Crippen LogP contribution in [0.1, 0.15) is 50.3 Å². The number of nitrogens with one attached hydrogen (secondary N) is 1. The molecule has 21 heavy (non-hydrogen) atoms. The molecule has 0 radical (unpaired) electrons. The molecular weight excluding hydrogens is 256 g/mol. The Labute approximate surface area is 129 Å². The number of rotatable bonds is 9. The molecule has 0 aliphatic heterocycles. The van der Waals surface area contributed by atoms with Crippen molar-refractivity contribution in [1.82, 2.24) is 9.88 Å². The van der Waals surface area contributed by atoms with E-state index in [4.69, 9.17) is 0 Å². The van der Waals surface area contributed by atoms with Crippen molar-refractivity contribution < 1.29 is 0 Å². The predicted octanol–water partition coefficient (Wildman–Crippen LogP) is 4.57. The van der Waals surface area contributed by atoms with Crippen LogP contribution in [0.3, 0.4) is 0 Å². The molecule has 2 rings (SSSR count). The Bertz CT molecular complexity index is 501. The minimum Gasteiger partial charge on any atom is -0.354 e. The molecule has 1 heterocycles. The molecule has 1 unspecified atom stereocenters. The van der Waals surface area contributed by atoms with E-state index in [2.05, 4.69) is 72.5 Å². The number of hydrogen-bond acceptors (Lipinski definition) is 1. The Morgan fingerprint density at radius 2 is 1.90 bits per heavy atom. The number of hydrogen-bond donors (Lipinski definition) is 1. The van der Waals surface area contributed by atoms with Gasteiger partial charge in [-0.15, -0.1) is 0 Å². The van der Waals surface area contributed by atoms with Crippen molar-refractivity contribution in [3.05, 3.63) is 59.9 Å². The summed E-state index contributed by atoms with van der Waals surface area (Å²) in [6, 6.07) is 13.5. The molecule has 0 saturated heterocycles. The van der Waals surface area contributed by atoms with Crippen LogP contribution in [0, 0.1) is 0 Å². The first-order valence-electron chi connectivity index (χ1n) is 8.26. The third kappa shape index (κ3) is 5.05. The van der Waals surface area contributed by atoms with Gasteiger partial charge in [0.1, 0.15) is 0 Å². The first-order valence-corrected chi connectivity index (χ1v) is 8.26. The SMILES string of the molecule is CCCNC(CC)c1ccn(CCCc2ccccc2)c1. The van der Waals surface area contributed by atoms with Crippen molar-refractivity contribution in [2.45, 2.75) is 52.1 Å². The zero-order valence-corrected chi connectivity index (χ0v) is 13.4. The fourth-order valence-corrected chi connectivity index (χ4v) is 2.73. The zero-order chi connectivity index (χ0) is 14.9. The highest BCUT2D eigenvalue weighted by molar-refractivity contribution is 5.16. The van der Waals surface area contributed by atoms with Crippen LogP contribution in [0.4, 0.5) is 0 Å². The predicted molar refractivity (Wildman–Crippen MR) is 90.5 cm³/mol. The van der Waals surface area contributed by atoms with E-state index in [1.165, 1.54) is 24.0 Å². The van der Waals surface area contributed by atoms with Crippen LogP contribution < -0.4 is 5.32 Å². The molecule has 0 spiro atoms. The lowest BCUT2D eigenvalue weighted by molar-refractivity contribution is 0.516. The molecule has 114 valence electrons. The molecule has 0 aliphatic rings. The van der Waals surface area contributed by atoms with E-state index >= 15 is 0 Å². The van der Waals surface area contributed by atoms with Crippen LogP contribution in [0.15, 0.2) is 48.8 Å². The summed E-state index contributed by atoms with van der Waals surface area (Å²) in [4.78, 5) is 0. The summed E-state index contributed by atoms with van der Waals surface area (Å²) in [6.07, 6.45) is 9.21. The number of benzene rings is 1. The van der Waals surface area contributed by atoms with E-state index < -0.39 is 0 Å². The van der Waals surface area contributed by atoms with Crippen molar-refractivity contribution in [1.29, 1.82) is 0 Å². The van der Waals surface area contributed by atoms with Gasteiger partial charge in [0, 0.05) is 25.0 Å². The second-order valence-electron chi connectivity index (χ2n) is 5.69. The van der Waals surface area contributed by atoms with Crippen LogP contribution in [0.2, 0.25) is 0 Å². The minimum atomic E-state index is 0.500. The van der Waals surface area contributed by atoms with E-state index in [-0.39, 0.29) is 0 Å². The second-order valence-corrected chi connectivity index (χ2v) is 5.69. The molecule has 0 amide bonds. The Kier molecular flexibility index (Phi) is 6.55. The second kappa shape index (κ2) is 8.68. The molecule has 2 aromatic rings. The minimum absolute atomic E-state index is 0.500. The molecule has 2 heteroatoms. The quantitative estimate of drug-likeness (QED) is 0.713. The van der Waals surface area contributed by atoms with Gasteiger partial charge in [0.15, 0.2) is 0 Å². The van der Waals surface area contributed by atoms with Crippen molar-refractivity contribution >= 4 is 0 Å². The topological polar surface area (TPSA) is 17.0 Å². The van der Waals surface area contributed by atoms with Crippen molar-refractivity contribution in [3.63, 3.8) is 0 Å². The molecule has 1 aromatic heterocycles. The normalized spacial score (nSPS) is 12.5. The maximum atomic E-state index is 3.62.